The Balaban J connectivity index is 2.12. The predicted molar refractivity (Wildman–Crippen MR) is 87.7 cm³/mol. The van der Waals surface area contributed by atoms with Gasteiger partial charge in [0, 0.05) is 6.54 Å². The molecule has 116 valence electrons. The third-order valence-electron chi connectivity index (χ3n) is 4.05. The number of hydrogen-bond donors (Lipinski definition) is 1. The van der Waals surface area contributed by atoms with Crippen LogP contribution in [0.4, 0.5) is 0 Å². The van der Waals surface area contributed by atoms with E-state index in [-0.39, 0.29) is 11.9 Å². The molecule has 0 saturated carbocycles. The number of nitrogens with zero attached hydrogens (tertiary/aromatic N) is 1. The minimum absolute atomic E-state index is 0.0528. The van der Waals surface area contributed by atoms with Crippen molar-refractivity contribution < 1.29 is 4.79 Å². The van der Waals surface area contributed by atoms with Crippen LogP contribution >= 0.6 is 23.2 Å². The van der Waals surface area contributed by atoms with Crippen LogP contribution in [-0.2, 0) is 4.79 Å². The molecule has 1 amide bonds. The minimum Gasteiger partial charge on any atom is -0.334 e. The Labute approximate surface area is 136 Å². The van der Waals surface area contributed by atoms with Gasteiger partial charge in [0.2, 0.25) is 5.91 Å². The maximum atomic E-state index is 12.5. The zero-order valence-corrected chi connectivity index (χ0v) is 13.8. The Bertz CT molecular complexity index is 507. The molecule has 1 fully saturated rings. The molecule has 1 aliphatic heterocycles. The summed E-state index contributed by atoms with van der Waals surface area (Å²) in [5.41, 5.74) is 7.08. The molecule has 0 aromatic heterocycles. The number of halogens is 2. The summed E-state index contributed by atoms with van der Waals surface area (Å²) in [6.45, 7) is 2.87. The largest absolute Gasteiger partial charge is 0.334 e. The summed E-state index contributed by atoms with van der Waals surface area (Å²) >= 11 is 12.1. The zero-order valence-electron chi connectivity index (χ0n) is 12.3. The van der Waals surface area contributed by atoms with E-state index >= 15 is 0 Å². The van der Waals surface area contributed by atoms with E-state index in [0.29, 0.717) is 10.0 Å². The Morgan fingerprint density at radius 3 is 2.86 bits per heavy atom. The highest BCUT2D eigenvalue weighted by Gasteiger charge is 2.32. The van der Waals surface area contributed by atoms with Gasteiger partial charge in [-0.2, -0.15) is 0 Å². The van der Waals surface area contributed by atoms with Gasteiger partial charge in [-0.15, -0.1) is 0 Å². The molecule has 1 unspecified atom stereocenters. The number of unbranched alkanes of at least 4 members (excludes halogenated alkanes) is 1. The smallest absolute Gasteiger partial charge is 0.239 e. The summed E-state index contributed by atoms with van der Waals surface area (Å²) in [6.07, 6.45) is 4.73. The summed E-state index contributed by atoms with van der Waals surface area (Å²) in [5, 5.41) is 1.07. The van der Waals surface area contributed by atoms with Crippen molar-refractivity contribution in [2.75, 3.05) is 6.54 Å². The van der Waals surface area contributed by atoms with Crippen LogP contribution in [0, 0.1) is 0 Å². The number of rotatable bonds is 5. The van der Waals surface area contributed by atoms with Gasteiger partial charge in [0.1, 0.15) is 0 Å². The van der Waals surface area contributed by atoms with Gasteiger partial charge in [-0.25, -0.2) is 0 Å². The van der Waals surface area contributed by atoms with Gasteiger partial charge < -0.3 is 10.6 Å². The highest BCUT2D eigenvalue weighted by atomic mass is 35.5. The molecular weight excluding hydrogens is 307 g/mol. The Morgan fingerprint density at radius 2 is 2.19 bits per heavy atom. The molecule has 2 atom stereocenters. The molecule has 2 N–H and O–H groups in total. The molecule has 0 aliphatic carbocycles. The minimum atomic E-state index is -0.395. The third-order valence-corrected chi connectivity index (χ3v) is 4.79. The SMILES string of the molecule is CCCC[C@H](N)C(=O)N1CCCC1c1ccc(Cl)c(Cl)c1. The second-order valence-electron chi connectivity index (χ2n) is 5.61. The first-order chi connectivity index (χ1) is 10.0. The van der Waals surface area contributed by atoms with Crippen molar-refractivity contribution >= 4 is 29.1 Å². The highest BCUT2D eigenvalue weighted by molar-refractivity contribution is 6.42. The molecule has 3 nitrogen and oxygen atoms in total. The molecule has 2 rings (SSSR count). The van der Waals surface area contributed by atoms with Crippen molar-refractivity contribution in [3.63, 3.8) is 0 Å². The maximum absolute atomic E-state index is 12.5. The first-order valence-electron chi connectivity index (χ1n) is 7.55. The van der Waals surface area contributed by atoms with Crippen LogP contribution in [0.25, 0.3) is 0 Å². The topological polar surface area (TPSA) is 46.3 Å². The second-order valence-corrected chi connectivity index (χ2v) is 6.43. The zero-order chi connectivity index (χ0) is 15.4. The number of likely N-dealkylation sites (tertiary alicyclic amines) is 1. The second kappa shape index (κ2) is 7.48. The number of carbonyl (C=O) groups excluding carboxylic acids is 1. The number of amides is 1. The molecule has 1 saturated heterocycles. The van der Waals surface area contributed by atoms with Crippen LogP contribution in [0.3, 0.4) is 0 Å². The average molecular weight is 329 g/mol. The van der Waals surface area contributed by atoms with Gasteiger partial charge in [-0.3, -0.25) is 4.79 Å². The van der Waals surface area contributed by atoms with Crippen LogP contribution in [0.2, 0.25) is 10.0 Å². The first kappa shape index (κ1) is 16.6. The van der Waals surface area contributed by atoms with Crippen LogP contribution in [0.5, 0.6) is 0 Å². The fourth-order valence-electron chi connectivity index (χ4n) is 2.86. The summed E-state index contributed by atoms with van der Waals surface area (Å²) in [4.78, 5) is 14.4. The van der Waals surface area contributed by atoms with E-state index < -0.39 is 6.04 Å². The predicted octanol–water partition coefficient (Wildman–Crippen LogP) is 4.17. The number of carbonyl (C=O) groups is 1. The molecule has 1 aliphatic rings. The van der Waals surface area contributed by atoms with Gasteiger partial charge >= 0.3 is 0 Å². The molecule has 0 radical (unpaired) electrons. The molecule has 0 spiro atoms. The standard InChI is InChI=1S/C16H22Cl2N2O/c1-2-3-5-14(19)16(21)20-9-4-6-15(20)11-7-8-12(17)13(18)10-11/h7-8,10,14-15H,2-6,9,19H2,1H3/t14-,15?/m0/s1. The lowest BCUT2D eigenvalue weighted by Gasteiger charge is -2.28. The summed E-state index contributed by atoms with van der Waals surface area (Å²) in [6, 6.07) is 5.27. The first-order valence-corrected chi connectivity index (χ1v) is 8.31. The molecule has 1 aromatic rings. The Morgan fingerprint density at radius 1 is 1.43 bits per heavy atom. The number of nitrogens with two attached hydrogens (primary N) is 1. The molecule has 1 aromatic carbocycles. The monoisotopic (exact) mass is 328 g/mol. The van der Waals surface area contributed by atoms with Crippen molar-refractivity contribution in [1.82, 2.24) is 4.90 Å². The average Bonchev–Trinajstić information content (AvgIpc) is 2.96. The molecule has 21 heavy (non-hydrogen) atoms. The lowest BCUT2D eigenvalue weighted by atomic mass is 10.0. The highest BCUT2D eigenvalue weighted by Crippen LogP contribution is 2.35. The summed E-state index contributed by atoms with van der Waals surface area (Å²) in [7, 11) is 0. The lowest BCUT2D eigenvalue weighted by molar-refractivity contribution is -0.133. The molecular formula is C16H22Cl2N2O. The molecule has 1 heterocycles. The summed E-state index contributed by atoms with van der Waals surface area (Å²) in [5.74, 6) is 0.0528. The van der Waals surface area contributed by atoms with Crippen molar-refractivity contribution in [1.29, 1.82) is 0 Å². The van der Waals surface area contributed by atoms with E-state index in [2.05, 4.69) is 6.92 Å². The van der Waals surface area contributed by atoms with Crippen LogP contribution in [0.15, 0.2) is 18.2 Å². The van der Waals surface area contributed by atoms with Gasteiger partial charge in [0.15, 0.2) is 0 Å². The van der Waals surface area contributed by atoms with Gasteiger partial charge in [0.05, 0.1) is 22.1 Å². The van der Waals surface area contributed by atoms with E-state index in [1.165, 1.54) is 0 Å². The fraction of sp³-hybridized carbons (Fsp3) is 0.562. The van der Waals surface area contributed by atoms with Crippen molar-refractivity contribution in [2.24, 2.45) is 5.73 Å². The maximum Gasteiger partial charge on any atom is 0.239 e. The van der Waals surface area contributed by atoms with E-state index in [0.717, 1.165) is 44.2 Å². The van der Waals surface area contributed by atoms with Crippen LogP contribution in [-0.4, -0.2) is 23.4 Å². The number of hydrogen-bond acceptors (Lipinski definition) is 2. The molecule has 0 bridgehead atoms. The summed E-state index contributed by atoms with van der Waals surface area (Å²) < 4.78 is 0. The van der Waals surface area contributed by atoms with Gasteiger partial charge in [-0.05, 0) is 37.0 Å². The van der Waals surface area contributed by atoms with E-state index in [1.54, 1.807) is 6.07 Å². The number of benzene rings is 1. The van der Waals surface area contributed by atoms with Crippen LogP contribution in [0.1, 0.15) is 50.6 Å². The third kappa shape index (κ3) is 3.91. The normalized spacial score (nSPS) is 19.8. The van der Waals surface area contributed by atoms with Crippen molar-refractivity contribution in [2.45, 2.75) is 51.1 Å². The van der Waals surface area contributed by atoms with Gasteiger partial charge in [0.25, 0.3) is 0 Å². The fourth-order valence-corrected chi connectivity index (χ4v) is 3.16. The van der Waals surface area contributed by atoms with E-state index in [4.69, 9.17) is 28.9 Å². The Kier molecular flexibility index (Phi) is 5.91. The van der Waals surface area contributed by atoms with E-state index in [1.807, 2.05) is 17.0 Å². The lowest BCUT2D eigenvalue weighted by Crippen LogP contribution is -2.43. The quantitative estimate of drug-likeness (QED) is 0.881. The van der Waals surface area contributed by atoms with E-state index in [9.17, 15) is 4.79 Å². The van der Waals surface area contributed by atoms with Crippen molar-refractivity contribution in [3.8, 4) is 0 Å². The van der Waals surface area contributed by atoms with Crippen molar-refractivity contribution in [3.05, 3.63) is 33.8 Å². The van der Waals surface area contributed by atoms with Gasteiger partial charge in [-0.1, -0.05) is 49.0 Å². The molecule has 5 heteroatoms. The Hall–Kier alpha value is -0.770. The van der Waals surface area contributed by atoms with Crippen LogP contribution < -0.4 is 5.73 Å².